The van der Waals surface area contributed by atoms with Crippen LogP contribution >= 0.6 is 7.82 Å². The van der Waals surface area contributed by atoms with E-state index in [4.69, 9.17) is 9.05 Å². The lowest BCUT2D eigenvalue weighted by atomic mass is 10.0. The van der Waals surface area contributed by atoms with E-state index >= 15 is 0 Å². The number of phosphoric acid groups is 1. The Labute approximate surface area is 489 Å². The maximum absolute atomic E-state index is 13.0. The number of quaternary nitrogens is 1. The van der Waals surface area contributed by atoms with Gasteiger partial charge < -0.3 is 28.8 Å². The van der Waals surface area contributed by atoms with Gasteiger partial charge in [0.2, 0.25) is 5.91 Å². The van der Waals surface area contributed by atoms with Crippen LogP contribution in [-0.4, -0.2) is 68.5 Å². The van der Waals surface area contributed by atoms with E-state index in [1.54, 1.807) is 6.08 Å². The summed E-state index contributed by atoms with van der Waals surface area (Å²) in [6.07, 6.45) is 86.6. The van der Waals surface area contributed by atoms with Gasteiger partial charge in [-0.2, -0.15) is 0 Å². The molecule has 0 radical (unpaired) electrons. The average Bonchev–Trinajstić information content (AvgIpc) is 3.42. The highest BCUT2D eigenvalue weighted by Gasteiger charge is 2.23. The predicted octanol–water partition coefficient (Wildman–Crippen LogP) is 20.3. The van der Waals surface area contributed by atoms with Crippen molar-refractivity contribution in [3.05, 3.63) is 97.2 Å². The molecule has 0 aromatic rings. The Bertz CT molecular complexity index is 1610. The SMILES string of the molecule is CC/C=C\C/C=C\C/C=C\C/C=C\C/C=C\C/C=C\C/C=C\CCCCCCCCCCCCCCCCCCCCCC(=O)NC(COP(=O)([O-])OCC[N+](C)(C)C)C(O)/C=C/CCCCCCCCCCCCCCCC. The van der Waals surface area contributed by atoms with Crippen molar-refractivity contribution >= 4 is 13.7 Å². The lowest BCUT2D eigenvalue weighted by molar-refractivity contribution is -0.870. The third-order valence-electron chi connectivity index (χ3n) is 14.5. The Morgan fingerprint density at radius 2 is 0.772 bits per heavy atom. The number of likely N-dealkylation sites (N-methyl/N-ethyl adjacent to an activating group) is 1. The molecular formula is C70H127N2O6P. The van der Waals surface area contributed by atoms with E-state index < -0.39 is 20.0 Å². The number of hydrogen-bond donors (Lipinski definition) is 2. The number of nitrogens with zero attached hydrogens (tertiary/aromatic N) is 1. The third kappa shape index (κ3) is 62.9. The number of allylic oxidation sites excluding steroid dienone is 15. The highest BCUT2D eigenvalue weighted by atomic mass is 31.2. The van der Waals surface area contributed by atoms with Crippen molar-refractivity contribution in [1.29, 1.82) is 0 Å². The number of hydrogen-bond acceptors (Lipinski definition) is 6. The van der Waals surface area contributed by atoms with E-state index in [9.17, 15) is 19.4 Å². The summed E-state index contributed by atoms with van der Waals surface area (Å²) in [5, 5.41) is 13.9. The summed E-state index contributed by atoms with van der Waals surface area (Å²) in [7, 11) is 1.26. The highest BCUT2D eigenvalue weighted by Crippen LogP contribution is 2.38. The van der Waals surface area contributed by atoms with Gasteiger partial charge in [0, 0.05) is 6.42 Å². The first-order valence-corrected chi connectivity index (χ1v) is 34.6. The molecule has 0 rings (SSSR count). The van der Waals surface area contributed by atoms with Crippen molar-refractivity contribution in [2.75, 3.05) is 40.9 Å². The number of aliphatic hydroxyl groups is 1. The Balaban J connectivity index is 3.96. The van der Waals surface area contributed by atoms with Gasteiger partial charge in [-0.15, -0.1) is 0 Å². The standard InChI is InChI=1S/C70H127N2O6P/c1-6-8-10-12-14-16-18-20-22-24-25-26-27-28-29-30-31-32-33-34-35-36-37-38-39-40-41-42-43-44-45-46-47-48-50-52-54-56-58-60-62-64-70(74)71-68(67-78-79(75,76)77-66-65-72(3,4)5)69(73)63-61-59-57-55-53-51-49-23-21-19-17-15-13-11-9-7-2/h8,10,14,16,20,22,25-26,28-29,31-32,34-35,61,63,68-69,73H,6-7,9,11-13,15,17-19,21,23-24,27,30,33,36-60,62,64-67H2,1-5H3,(H-,71,74,75,76)/b10-8-,16-14-,22-20-,26-25-,29-28-,32-31-,35-34-,63-61+. The zero-order valence-electron chi connectivity index (χ0n) is 52.3. The number of phosphoric ester groups is 1. The largest absolute Gasteiger partial charge is 0.756 e. The fraction of sp³-hybridized carbons (Fsp3) is 0.757. The molecule has 0 aliphatic heterocycles. The maximum atomic E-state index is 13.0. The second-order valence-electron chi connectivity index (χ2n) is 23.4. The Kier molecular flexibility index (Phi) is 58.1. The summed E-state index contributed by atoms with van der Waals surface area (Å²) >= 11 is 0. The molecule has 2 N–H and O–H groups in total. The molecule has 9 heteroatoms. The lowest BCUT2D eigenvalue weighted by Crippen LogP contribution is -2.45. The van der Waals surface area contributed by atoms with Gasteiger partial charge in [-0.25, -0.2) is 0 Å². The summed E-state index contributed by atoms with van der Waals surface area (Å²) in [4.78, 5) is 25.5. The van der Waals surface area contributed by atoms with Crippen molar-refractivity contribution in [3.8, 4) is 0 Å². The second kappa shape index (κ2) is 60.0. The molecule has 0 saturated heterocycles. The van der Waals surface area contributed by atoms with E-state index in [2.05, 4.69) is 104 Å². The van der Waals surface area contributed by atoms with Crippen LogP contribution in [0.2, 0.25) is 0 Å². The molecule has 3 unspecified atom stereocenters. The average molecular weight is 1120 g/mol. The smallest absolute Gasteiger partial charge is 0.268 e. The molecule has 1 amide bonds. The van der Waals surface area contributed by atoms with E-state index in [1.165, 1.54) is 186 Å². The second-order valence-corrected chi connectivity index (χ2v) is 24.9. The molecule has 0 spiro atoms. The van der Waals surface area contributed by atoms with Gasteiger partial charge in [-0.05, 0) is 77.0 Å². The number of carbonyl (C=O) groups is 1. The number of nitrogens with one attached hydrogen (secondary N) is 1. The molecule has 458 valence electrons. The van der Waals surface area contributed by atoms with Crippen molar-refractivity contribution < 1.29 is 32.9 Å². The number of amides is 1. The molecule has 0 aliphatic carbocycles. The summed E-state index contributed by atoms with van der Waals surface area (Å²) in [6.45, 7) is 4.55. The van der Waals surface area contributed by atoms with Gasteiger partial charge in [-0.3, -0.25) is 9.36 Å². The van der Waals surface area contributed by atoms with Crippen LogP contribution in [0.3, 0.4) is 0 Å². The molecule has 8 nitrogen and oxygen atoms in total. The van der Waals surface area contributed by atoms with Gasteiger partial charge >= 0.3 is 0 Å². The van der Waals surface area contributed by atoms with Crippen molar-refractivity contribution in [2.24, 2.45) is 0 Å². The van der Waals surface area contributed by atoms with Crippen LogP contribution in [0.5, 0.6) is 0 Å². The minimum Gasteiger partial charge on any atom is -0.756 e. The van der Waals surface area contributed by atoms with Crippen LogP contribution in [0.4, 0.5) is 0 Å². The minimum atomic E-state index is -4.60. The molecule has 0 bridgehead atoms. The molecular weight excluding hydrogens is 996 g/mol. The minimum absolute atomic E-state index is 0.00208. The molecule has 0 aromatic carbocycles. The Hall–Kier alpha value is -2.58. The first-order chi connectivity index (χ1) is 38.5. The third-order valence-corrected chi connectivity index (χ3v) is 15.5. The quantitative estimate of drug-likeness (QED) is 0.0272. The van der Waals surface area contributed by atoms with E-state index in [1.807, 2.05) is 27.2 Å². The van der Waals surface area contributed by atoms with Crippen molar-refractivity contribution in [2.45, 2.75) is 302 Å². The van der Waals surface area contributed by atoms with Gasteiger partial charge in [0.1, 0.15) is 13.2 Å². The monoisotopic (exact) mass is 1120 g/mol. The van der Waals surface area contributed by atoms with E-state index in [-0.39, 0.29) is 19.1 Å². The van der Waals surface area contributed by atoms with Crippen molar-refractivity contribution in [1.82, 2.24) is 5.32 Å². The fourth-order valence-electron chi connectivity index (χ4n) is 9.43. The Morgan fingerprint density at radius 1 is 0.456 bits per heavy atom. The summed E-state index contributed by atoms with van der Waals surface area (Å²) < 4.78 is 23.4. The molecule has 0 aliphatic rings. The number of carbonyl (C=O) groups excluding carboxylic acids is 1. The number of unbranched alkanes of at least 4 members (excludes halogenated alkanes) is 33. The summed E-state index contributed by atoms with van der Waals surface area (Å²) in [5.74, 6) is -0.196. The van der Waals surface area contributed by atoms with Crippen LogP contribution < -0.4 is 10.2 Å². The molecule has 79 heavy (non-hydrogen) atoms. The molecule has 0 fully saturated rings. The summed E-state index contributed by atoms with van der Waals surface area (Å²) in [5.41, 5.74) is 0. The predicted molar refractivity (Wildman–Crippen MR) is 343 cm³/mol. The fourth-order valence-corrected chi connectivity index (χ4v) is 10.2. The normalized spacial score (nSPS) is 14.4. The van der Waals surface area contributed by atoms with E-state index in [0.717, 1.165) is 83.5 Å². The van der Waals surface area contributed by atoms with Gasteiger partial charge in [0.25, 0.3) is 7.82 Å². The number of rotatable bonds is 60. The topological polar surface area (TPSA) is 108 Å². The maximum Gasteiger partial charge on any atom is 0.268 e. The summed E-state index contributed by atoms with van der Waals surface area (Å²) in [6, 6.07) is -0.889. The van der Waals surface area contributed by atoms with E-state index in [0.29, 0.717) is 17.4 Å². The van der Waals surface area contributed by atoms with Gasteiger partial charge in [-0.1, -0.05) is 304 Å². The lowest BCUT2D eigenvalue weighted by Gasteiger charge is -2.29. The van der Waals surface area contributed by atoms with Crippen LogP contribution in [0.1, 0.15) is 290 Å². The zero-order chi connectivity index (χ0) is 57.7. The molecule has 0 aromatic heterocycles. The van der Waals surface area contributed by atoms with Gasteiger partial charge in [0.05, 0.1) is 39.9 Å². The first kappa shape index (κ1) is 76.4. The Morgan fingerprint density at radius 3 is 1.13 bits per heavy atom. The van der Waals surface area contributed by atoms with Crippen molar-refractivity contribution in [3.63, 3.8) is 0 Å². The van der Waals surface area contributed by atoms with Crippen LogP contribution in [0.15, 0.2) is 97.2 Å². The number of aliphatic hydroxyl groups excluding tert-OH is 1. The van der Waals surface area contributed by atoms with Crippen LogP contribution in [-0.2, 0) is 18.4 Å². The molecule has 0 heterocycles. The first-order valence-electron chi connectivity index (χ1n) is 33.1. The molecule has 0 saturated carbocycles. The van der Waals surface area contributed by atoms with Crippen LogP contribution in [0, 0.1) is 0 Å². The van der Waals surface area contributed by atoms with Gasteiger partial charge in [0.15, 0.2) is 0 Å². The van der Waals surface area contributed by atoms with Crippen LogP contribution in [0.25, 0.3) is 0 Å². The molecule has 3 atom stereocenters. The highest BCUT2D eigenvalue weighted by molar-refractivity contribution is 7.45. The zero-order valence-corrected chi connectivity index (χ0v) is 53.2.